The quantitative estimate of drug-likeness (QED) is 0.740. The lowest BCUT2D eigenvalue weighted by Crippen LogP contribution is -2.26. The summed E-state index contributed by atoms with van der Waals surface area (Å²) in [6, 6.07) is 13.4. The van der Waals surface area contributed by atoms with Gasteiger partial charge < -0.3 is 4.74 Å². The molecule has 1 N–H and O–H groups in total. The van der Waals surface area contributed by atoms with Gasteiger partial charge in [-0.05, 0) is 17.7 Å². The minimum Gasteiger partial charge on any atom is -0.494 e. The Labute approximate surface area is 140 Å². The van der Waals surface area contributed by atoms with Gasteiger partial charge in [-0.15, -0.1) is 0 Å². The number of benzene rings is 2. The van der Waals surface area contributed by atoms with E-state index in [0.717, 1.165) is 11.8 Å². The van der Waals surface area contributed by atoms with Crippen molar-refractivity contribution in [2.75, 3.05) is 19.4 Å². The summed E-state index contributed by atoms with van der Waals surface area (Å²) in [5, 5.41) is 0. The highest BCUT2D eigenvalue weighted by Crippen LogP contribution is 2.21. The lowest BCUT2D eigenvalue weighted by atomic mass is 10.2. The summed E-state index contributed by atoms with van der Waals surface area (Å²) in [6.07, 6.45) is 0. The molecule has 0 saturated heterocycles. The van der Waals surface area contributed by atoms with Crippen molar-refractivity contribution in [3.8, 4) is 5.75 Å². The number of rotatable bonds is 8. The Hall–Kier alpha value is -1.57. The fourth-order valence-electron chi connectivity index (χ4n) is 1.90. The van der Waals surface area contributed by atoms with Gasteiger partial charge in [0.1, 0.15) is 0 Å². The first-order valence-electron chi connectivity index (χ1n) is 6.98. The van der Waals surface area contributed by atoms with Gasteiger partial charge in [0.05, 0.1) is 12.0 Å². The summed E-state index contributed by atoms with van der Waals surface area (Å²) in [5.41, 5.74) is 1.20. The van der Waals surface area contributed by atoms with Crippen molar-refractivity contribution in [3.05, 3.63) is 59.9 Å². The van der Waals surface area contributed by atoms with Crippen LogP contribution in [0.15, 0.2) is 53.4 Å². The summed E-state index contributed by atoms with van der Waals surface area (Å²) < 4.78 is 44.9. The summed E-state index contributed by atoms with van der Waals surface area (Å²) in [5.74, 6) is 0.788. The molecule has 0 spiro atoms. The van der Waals surface area contributed by atoms with Crippen LogP contribution in [0, 0.1) is 5.82 Å². The number of hydrogen-bond donors (Lipinski definition) is 1. The maximum atomic E-state index is 13.3. The second-order valence-corrected chi connectivity index (χ2v) is 7.60. The van der Waals surface area contributed by atoms with Crippen molar-refractivity contribution >= 4 is 21.8 Å². The Morgan fingerprint density at radius 1 is 1.17 bits per heavy atom. The van der Waals surface area contributed by atoms with Gasteiger partial charge in [0, 0.05) is 24.1 Å². The predicted molar refractivity (Wildman–Crippen MR) is 90.7 cm³/mol. The van der Waals surface area contributed by atoms with E-state index in [0.29, 0.717) is 12.3 Å². The summed E-state index contributed by atoms with van der Waals surface area (Å²) in [7, 11) is -2.37. The molecule has 0 unspecified atom stereocenters. The Balaban J connectivity index is 1.84. The Bertz CT molecular complexity index is 736. The second-order valence-electron chi connectivity index (χ2n) is 4.73. The fourth-order valence-corrected chi connectivity index (χ4v) is 3.90. The van der Waals surface area contributed by atoms with E-state index in [1.807, 2.05) is 30.3 Å². The normalized spacial score (nSPS) is 11.4. The first-order chi connectivity index (χ1) is 11.0. The van der Waals surface area contributed by atoms with Gasteiger partial charge in [0.25, 0.3) is 0 Å². The number of ether oxygens (including phenoxy) is 1. The fraction of sp³-hybridized carbons (Fsp3) is 0.250. The van der Waals surface area contributed by atoms with Crippen LogP contribution in [0.25, 0.3) is 0 Å². The molecule has 0 heterocycles. The molecule has 0 atom stereocenters. The average Bonchev–Trinajstić information content (AvgIpc) is 2.55. The van der Waals surface area contributed by atoms with Crippen LogP contribution in [0.4, 0.5) is 4.39 Å². The standard InChI is InChI=1S/C16H18FNO3S2/c1-21-16-11-14(7-8-15(16)17)23(19,20)18-9-10-22-12-13-5-3-2-4-6-13/h2-8,11,18H,9-10,12H2,1H3. The third kappa shape index (κ3) is 5.23. The SMILES string of the molecule is COc1cc(S(=O)(=O)NCCSCc2ccccc2)ccc1F. The lowest BCUT2D eigenvalue weighted by molar-refractivity contribution is 0.385. The highest BCUT2D eigenvalue weighted by molar-refractivity contribution is 7.98. The van der Waals surface area contributed by atoms with Crippen LogP contribution in [-0.2, 0) is 15.8 Å². The summed E-state index contributed by atoms with van der Waals surface area (Å²) >= 11 is 1.64. The summed E-state index contributed by atoms with van der Waals surface area (Å²) in [4.78, 5) is -0.0104. The van der Waals surface area contributed by atoms with Crippen LogP contribution in [-0.4, -0.2) is 27.8 Å². The van der Waals surface area contributed by atoms with E-state index in [1.54, 1.807) is 11.8 Å². The van der Waals surface area contributed by atoms with Gasteiger partial charge >= 0.3 is 0 Å². The maximum absolute atomic E-state index is 13.3. The number of hydrogen-bond acceptors (Lipinski definition) is 4. The predicted octanol–water partition coefficient (Wildman–Crippen LogP) is 3.05. The number of methoxy groups -OCH3 is 1. The molecule has 0 amide bonds. The number of nitrogens with one attached hydrogen (secondary N) is 1. The van der Waals surface area contributed by atoms with E-state index < -0.39 is 15.8 Å². The monoisotopic (exact) mass is 355 g/mol. The Kier molecular flexibility index (Phi) is 6.44. The number of halogens is 1. The van der Waals surface area contributed by atoms with Gasteiger partial charge in [-0.1, -0.05) is 30.3 Å². The molecule has 7 heteroatoms. The zero-order chi connectivity index (χ0) is 16.7. The topological polar surface area (TPSA) is 55.4 Å². The van der Waals surface area contributed by atoms with Gasteiger partial charge in [0.15, 0.2) is 11.6 Å². The van der Waals surface area contributed by atoms with Crippen molar-refractivity contribution in [3.63, 3.8) is 0 Å². The molecule has 0 saturated carbocycles. The molecule has 124 valence electrons. The van der Waals surface area contributed by atoms with Crippen molar-refractivity contribution in [1.82, 2.24) is 4.72 Å². The first-order valence-corrected chi connectivity index (χ1v) is 9.61. The smallest absolute Gasteiger partial charge is 0.240 e. The van der Waals surface area contributed by atoms with Gasteiger partial charge in [-0.3, -0.25) is 0 Å². The lowest BCUT2D eigenvalue weighted by Gasteiger charge is -2.08. The van der Waals surface area contributed by atoms with Crippen LogP contribution in [0.2, 0.25) is 0 Å². The number of sulfonamides is 1. The van der Waals surface area contributed by atoms with Crippen molar-refractivity contribution in [1.29, 1.82) is 0 Å². The molecule has 23 heavy (non-hydrogen) atoms. The molecule has 0 aromatic heterocycles. The third-order valence-corrected chi connectivity index (χ3v) is 5.57. The minimum atomic E-state index is -3.66. The van der Waals surface area contributed by atoms with Crippen molar-refractivity contribution in [2.45, 2.75) is 10.6 Å². The van der Waals surface area contributed by atoms with Crippen LogP contribution in [0.5, 0.6) is 5.75 Å². The average molecular weight is 355 g/mol. The van der Waals surface area contributed by atoms with Gasteiger partial charge in [-0.2, -0.15) is 11.8 Å². The van der Waals surface area contributed by atoms with Crippen LogP contribution < -0.4 is 9.46 Å². The van der Waals surface area contributed by atoms with Crippen LogP contribution >= 0.6 is 11.8 Å². The molecule has 0 aliphatic carbocycles. The Morgan fingerprint density at radius 2 is 1.91 bits per heavy atom. The zero-order valence-corrected chi connectivity index (χ0v) is 14.3. The minimum absolute atomic E-state index is 0.0104. The first kappa shape index (κ1) is 17.8. The van der Waals surface area contributed by atoms with Crippen molar-refractivity contribution in [2.24, 2.45) is 0 Å². The molecule has 2 rings (SSSR count). The molecule has 2 aromatic rings. The molecular formula is C16H18FNO3S2. The maximum Gasteiger partial charge on any atom is 0.240 e. The van der Waals surface area contributed by atoms with E-state index >= 15 is 0 Å². The molecule has 0 bridgehead atoms. The van der Waals surface area contributed by atoms with Crippen molar-refractivity contribution < 1.29 is 17.5 Å². The highest BCUT2D eigenvalue weighted by Gasteiger charge is 2.16. The van der Waals surface area contributed by atoms with E-state index in [-0.39, 0.29) is 10.6 Å². The van der Waals surface area contributed by atoms with E-state index in [9.17, 15) is 12.8 Å². The highest BCUT2D eigenvalue weighted by atomic mass is 32.2. The van der Waals surface area contributed by atoms with Crippen LogP contribution in [0.1, 0.15) is 5.56 Å². The molecular weight excluding hydrogens is 337 g/mol. The van der Waals surface area contributed by atoms with E-state index in [2.05, 4.69) is 4.72 Å². The Morgan fingerprint density at radius 3 is 2.61 bits per heavy atom. The molecule has 0 aliphatic heterocycles. The number of thioether (sulfide) groups is 1. The molecule has 2 aromatic carbocycles. The third-order valence-electron chi connectivity index (χ3n) is 3.08. The van der Waals surface area contributed by atoms with E-state index in [1.165, 1.54) is 24.8 Å². The molecule has 0 fully saturated rings. The molecule has 4 nitrogen and oxygen atoms in total. The van der Waals surface area contributed by atoms with Crippen LogP contribution in [0.3, 0.4) is 0 Å². The summed E-state index contributed by atoms with van der Waals surface area (Å²) in [6.45, 7) is 0.305. The molecule has 0 radical (unpaired) electrons. The largest absolute Gasteiger partial charge is 0.494 e. The van der Waals surface area contributed by atoms with Gasteiger partial charge in [-0.25, -0.2) is 17.5 Å². The second kappa shape index (κ2) is 8.33. The van der Waals surface area contributed by atoms with Gasteiger partial charge in [0.2, 0.25) is 10.0 Å². The zero-order valence-electron chi connectivity index (χ0n) is 12.7. The van der Waals surface area contributed by atoms with E-state index in [4.69, 9.17) is 4.74 Å². The molecule has 0 aliphatic rings.